The number of nitrogens with zero attached hydrogens (tertiary/aromatic N) is 1. The third kappa shape index (κ3) is 5.33. The highest BCUT2D eigenvalue weighted by Crippen LogP contribution is 2.49. The van der Waals surface area contributed by atoms with Crippen LogP contribution >= 0.6 is 10.9 Å². The molecule has 0 bridgehead atoms. The van der Waals surface area contributed by atoms with Gasteiger partial charge in [-0.3, -0.25) is 17.5 Å². The topological polar surface area (TPSA) is 81.7 Å². The third-order valence-electron chi connectivity index (χ3n) is 2.56. The van der Waals surface area contributed by atoms with Crippen molar-refractivity contribution in [2.45, 2.75) is 6.42 Å². The molecule has 114 valence electrons. The minimum atomic E-state index is -1.95. The van der Waals surface area contributed by atoms with Crippen LogP contribution in [0.1, 0.15) is 6.42 Å². The first-order valence-electron chi connectivity index (χ1n) is 6.08. The lowest BCUT2D eigenvalue weighted by molar-refractivity contribution is 0.245. The highest BCUT2D eigenvalue weighted by Gasteiger charge is 2.22. The number of aromatic nitrogens is 1. The van der Waals surface area contributed by atoms with Crippen molar-refractivity contribution in [2.24, 2.45) is 0 Å². The maximum absolute atomic E-state index is 11.6. The van der Waals surface area contributed by atoms with Crippen LogP contribution in [0.4, 0.5) is 10.5 Å². The highest BCUT2D eigenvalue weighted by molar-refractivity contribution is 8.21. The van der Waals surface area contributed by atoms with Crippen LogP contribution in [0.15, 0.2) is 24.5 Å². The molecule has 1 heterocycles. The lowest BCUT2D eigenvalue weighted by Crippen LogP contribution is -2.30. The van der Waals surface area contributed by atoms with Gasteiger partial charge in [0.1, 0.15) is 0 Å². The Bertz CT molecular complexity index is 393. The summed E-state index contributed by atoms with van der Waals surface area (Å²) in [5.74, 6) is 0.589. The van der Waals surface area contributed by atoms with Crippen molar-refractivity contribution < 1.29 is 17.3 Å². The van der Waals surface area contributed by atoms with Crippen LogP contribution in [0.2, 0.25) is 0 Å². The number of rotatable bonds is 8. The average Bonchev–Trinajstić information content (AvgIpc) is 2.49. The number of carbonyl (C=O) groups is 1. The third-order valence-corrected chi connectivity index (χ3v) is 4.87. The van der Waals surface area contributed by atoms with Crippen LogP contribution in [0.3, 0.4) is 0 Å². The van der Waals surface area contributed by atoms with Gasteiger partial charge in [-0.25, -0.2) is 4.79 Å². The van der Waals surface area contributed by atoms with E-state index < -0.39 is 10.9 Å². The maximum Gasteiger partial charge on any atom is 0.319 e. The smallest absolute Gasteiger partial charge is 0.319 e. The first-order chi connectivity index (χ1) is 9.65. The van der Waals surface area contributed by atoms with E-state index in [1.54, 1.807) is 45.9 Å². The van der Waals surface area contributed by atoms with E-state index in [2.05, 4.69) is 15.6 Å². The summed E-state index contributed by atoms with van der Waals surface area (Å²) in [6.07, 6.45) is 3.92. The number of hydrogen-bond acceptors (Lipinski definition) is 5. The minimum Gasteiger partial charge on any atom is -0.338 e. The normalized spacial score (nSPS) is 11.9. The molecule has 0 atom stereocenters. The predicted molar refractivity (Wildman–Crippen MR) is 79.4 cm³/mol. The molecule has 0 saturated carbocycles. The molecule has 1 rings (SSSR count). The zero-order valence-electron chi connectivity index (χ0n) is 11.9. The molecule has 8 heteroatoms. The van der Waals surface area contributed by atoms with E-state index in [-0.39, 0.29) is 6.03 Å². The molecule has 0 aliphatic rings. The van der Waals surface area contributed by atoms with Gasteiger partial charge in [0.25, 0.3) is 0 Å². The van der Waals surface area contributed by atoms with E-state index in [4.69, 9.17) is 12.5 Å². The lowest BCUT2D eigenvalue weighted by atomic mass is 10.4. The fraction of sp³-hybridized carbons (Fsp3) is 0.500. The van der Waals surface area contributed by atoms with Gasteiger partial charge in [-0.05, 0) is 18.6 Å². The van der Waals surface area contributed by atoms with Gasteiger partial charge in [-0.15, -0.1) is 0 Å². The Labute approximate surface area is 120 Å². The molecule has 0 radical (unpaired) electrons. The van der Waals surface area contributed by atoms with Crippen molar-refractivity contribution in [3.05, 3.63) is 24.5 Å². The van der Waals surface area contributed by atoms with Crippen molar-refractivity contribution in [1.29, 1.82) is 0 Å². The molecule has 0 aliphatic heterocycles. The zero-order valence-corrected chi connectivity index (χ0v) is 12.7. The SMILES string of the molecule is COS(CCCNC(=O)Nc1ccncc1)(OC)OC. The fourth-order valence-electron chi connectivity index (χ4n) is 1.52. The van der Waals surface area contributed by atoms with E-state index in [0.29, 0.717) is 24.4 Å². The summed E-state index contributed by atoms with van der Waals surface area (Å²) in [5, 5.41) is 5.46. The number of urea groups is 1. The molecule has 0 aliphatic carbocycles. The molecule has 0 spiro atoms. The number of amides is 2. The average molecular weight is 303 g/mol. The molecule has 7 nitrogen and oxygen atoms in total. The van der Waals surface area contributed by atoms with Gasteiger partial charge < -0.3 is 10.6 Å². The second kappa shape index (κ2) is 8.75. The van der Waals surface area contributed by atoms with Gasteiger partial charge in [0, 0.05) is 30.4 Å². The molecule has 2 amide bonds. The number of nitrogens with one attached hydrogen (secondary N) is 2. The summed E-state index contributed by atoms with van der Waals surface area (Å²) in [4.78, 5) is 15.5. The standard InChI is InChI=1S/C12H21N3O4S/c1-17-20(18-2,19-3)10-4-7-14-12(16)15-11-5-8-13-9-6-11/h5-6,8-9H,4,7,10H2,1-3H3,(H2,13,14,15,16). The maximum atomic E-state index is 11.6. The van der Waals surface area contributed by atoms with E-state index in [9.17, 15) is 4.79 Å². The van der Waals surface area contributed by atoms with Crippen LogP contribution in [0, 0.1) is 0 Å². The summed E-state index contributed by atoms with van der Waals surface area (Å²) >= 11 is 0. The van der Waals surface area contributed by atoms with Crippen LogP contribution in [-0.4, -0.2) is 44.6 Å². The van der Waals surface area contributed by atoms with Gasteiger partial charge in [-0.1, -0.05) is 0 Å². The first-order valence-corrected chi connectivity index (χ1v) is 7.66. The summed E-state index contributed by atoms with van der Waals surface area (Å²) in [7, 11) is 2.70. The van der Waals surface area contributed by atoms with Crippen LogP contribution < -0.4 is 10.6 Å². The Morgan fingerprint density at radius 3 is 2.35 bits per heavy atom. The molecule has 0 saturated heterocycles. The fourth-order valence-corrected chi connectivity index (χ4v) is 2.92. The summed E-state index contributed by atoms with van der Waals surface area (Å²) in [5.41, 5.74) is 0.697. The van der Waals surface area contributed by atoms with E-state index in [1.807, 2.05) is 0 Å². The molecule has 20 heavy (non-hydrogen) atoms. The van der Waals surface area contributed by atoms with Crippen molar-refractivity contribution in [3.63, 3.8) is 0 Å². The van der Waals surface area contributed by atoms with E-state index >= 15 is 0 Å². The Hall–Kier alpha value is -1.35. The van der Waals surface area contributed by atoms with Crippen LogP contribution in [-0.2, 0) is 12.5 Å². The number of anilines is 1. The second-order valence-electron chi connectivity index (χ2n) is 3.73. The van der Waals surface area contributed by atoms with Gasteiger partial charge in [-0.2, -0.15) is 0 Å². The molecular weight excluding hydrogens is 282 g/mol. The number of pyridine rings is 1. The molecule has 1 aromatic heterocycles. The molecular formula is C12H21N3O4S. The van der Waals surface area contributed by atoms with Crippen molar-refractivity contribution >= 4 is 22.6 Å². The van der Waals surface area contributed by atoms with Gasteiger partial charge in [0.15, 0.2) is 0 Å². The van der Waals surface area contributed by atoms with Crippen molar-refractivity contribution in [1.82, 2.24) is 10.3 Å². The van der Waals surface area contributed by atoms with Crippen molar-refractivity contribution in [3.8, 4) is 0 Å². The Kier molecular flexibility index (Phi) is 7.31. The quantitative estimate of drug-likeness (QED) is 0.719. The lowest BCUT2D eigenvalue weighted by Gasteiger charge is -2.33. The summed E-state index contributed by atoms with van der Waals surface area (Å²) in [6.45, 7) is 0.502. The Morgan fingerprint density at radius 1 is 1.20 bits per heavy atom. The molecule has 2 N–H and O–H groups in total. The second-order valence-corrected chi connectivity index (χ2v) is 6.26. The Balaban J connectivity index is 2.25. The molecule has 0 fully saturated rings. The Morgan fingerprint density at radius 2 is 1.80 bits per heavy atom. The zero-order chi connectivity index (χ0) is 14.8. The number of hydrogen-bond donors (Lipinski definition) is 2. The summed E-state index contributed by atoms with van der Waals surface area (Å²) < 4.78 is 15.7. The van der Waals surface area contributed by atoms with Gasteiger partial charge in [0.05, 0.1) is 32.2 Å². The first kappa shape index (κ1) is 16.7. The summed E-state index contributed by atoms with van der Waals surface area (Å²) in [6, 6.07) is 3.18. The molecule has 1 aromatic rings. The van der Waals surface area contributed by atoms with E-state index in [0.717, 1.165) is 0 Å². The van der Waals surface area contributed by atoms with Gasteiger partial charge in [0.2, 0.25) is 0 Å². The monoisotopic (exact) mass is 303 g/mol. The van der Waals surface area contributed by atoms with Crippen LogP contribution in [0.5, 0.6) is 0 Å². The van der Waals surface area contributed by atoms with Gasteiger partial charge >= 0.3 is 6.03 Å². The van der Waals surface area contributed by atoms with Crippen LogP contribution in [0.25, 0.3) is 0 Å². The highest BCUT2D eigenvalue weighted by atomic mass is 32.3. The van der Waals surface area contributed by atoms with Crippen molar-refractivity contribution in [2.75, 3.05) is 38.9 Å². The predicted octanol–water partition coefficient (Wildman–Crippen LogP) is 2.08. The molecule has 0 aromatic carbocycles. The molecule has 0 unspecified atom stereocenters. The minimum absolute atomic E-state index is 0.260. The largest absolute Gasteiger partial charge is 0.338 e. The van der Waals surface area contributed by atoms with E-state index in [1.165, 1.54) is 0 Å². The number of carbonyl (C=O) groups excluding carboxylic acids is 1.